The molecule has 8 aromatic carbocycles. The smallest absolute Gasteiger partial charge is 0.171 e. The summed E-state index contributed by atoms with van der Waals surface area (Å²) in [6, 6.07) is 4.71. The first kappa shape index (κ1) is 17.4. The van der Waals surface area contributed by atoms with Crippen LogP contribution in [0.1, 0.15) is 49.7 Å². The van der Waals surface area contributed by atoms with E-state index in [9.17, 15) is 0 Å². The van der Waals surface area contributed by atoms with E-state index in [4.69, 9.17) is 27.4 Å². The molecule has 0 aromatic heterocycles. The van der Waals surface area contributed by atoms with Gasteiger partial charge in [0.1, 0.15) is 0 Å². The summed E-state index contributed by atoms with van der Waals surface area (Å²) >= 11 is 0. The van der Waals surface area contributed by atoms with Gasteiger partial charge in [0.2, 0.25) is 0 Å². The Bertz CT molecular complexity index is 3450. The van der Waals surface area contributed by atoms with Gasteiger partial charge in [0.05, 0.1) is 32.8 Å². The number of benzene rings is 8. The van der Waals surface area contributed by atoms with E-state index in [0.29, 0.717) is 44.5 Å². The summed E-state index contributed by atoms with van der Waals surface area (Å²) in [5.74, 6) is 0. The van der Waals surface area contributed by atoms with Gasteiger partial charge < -0.3 is 9.13 Å². The van der Waals surface area contributed by atoms with Gasteiger partial charge in [-0.15, -0.1) is 0 Å². The normalized spacial score (nSPS) is 18.9. The molecule has 8 aromatic rings. The zero-order chi connectivity index (χ0) is 53.0. The van der Waals surface area contributed by atoms with E-state index >= 15 is 9.13 Å². The highest BCUT2D eigenvalue weighted by Gasteiger charge is 2.52. The summed E-state index contributed by atoms with van der Waals surface area (Å²) in [5, 5.41) is -3.91. The van der Waals surface area contributed by atoms with Crippen molar-refractivity contribution in [3.05, 3.63) is 228 Å². The van der Waals surface area contributed by atoms with Gasteiger partial charge in [0.15, 0.2) is 14.3 Å². The van der Waals surface area contributed by atoms with Crippen molar-refractivity contribution in [1.82, 2.24) is 0 Å². The van der Waals surface area contributed by atoms with E-state index in [1.54, 1.807) is 36.4 Å². The average molecular weight is 737 g/mol. The lowest BCUT2D eigenvalue weighted by molar-refractivity contribution is 0.591. The van der Waals surface area contributed by atoms with Crippen molar-refractivity contribution in [1.29, 1.82) is 0 Å². The van der Waals surface area contributed by atoms with Gasteiger partial charge in [-0.2, -0.15) is 0 Å². The van der Waals surface area contributed by atoms with Crippen LogP contribution in [0, 0.1) is 0 Å². The topological polar surface area (TPSA) is 34.1 Å². The minimum atomic E-state index is -5.22. The molecule has 1 spiro atoms. The second-order valence-corrected chi connectivity index (χ2v) is 17.7. The van der Waals surface area contributed by atoms with E-state index in [2.05, 4.69) is 0 Å². The summed E-state index contributed by atoms with van der Waals surface area (Å²) in [4.78, 5) is 0. The van der Waals surface area contributed by atoms with Crippen LogP contribution in [0.3, 0.4) is 0 Å². The third-order valence-corrected chi connectivity index (χ3v) is 15.4. The van der Waals surface area contributed by atoms with Crippen LogP contribution in [0.4, 0.5) is 0 Å². The van der Waals surface area contributed by atoms with E-state index in [1.807, 2.05) is 12.1 Å². The molecule has 0 saturated carbocycles. The summed E-state index contributed by atoms with van der Waals surface area (Å²) in [6.07, 6.45) is 0. The van der Waals surface area contributed by atoms with Crippen LogP contribution >= 0.6 is 14.3 Å². The highest BCUT2D eigenvalue weighted by Crippen LogP contribution is 2.63. The first-order chi connectivity index (χ1) is 34.3. The highest BCUT2D eigenvalue weighted by atomic mass is 31.2. The molecule has 2 aliphatic carbocycles. The predicted molar refractivity (Wildman–Crippen MR) is 222 cm³/mol. The van der Waals surface area contributed by atoms with Crippen LogP contribution in [-0.2, 0) is 14.5 Å². The zero-order valence-electron chi connectivity index (χ0n) is 47.3. The van der Waals surface area contributed by atoms with Crippen molar-refractivity contribution in [2.75, 3.05) is 0 Å². The number of hydrogen-bond donors (Lipinski definition) is 0. The zero-order valence-corrected chi connectivity index (χ0v) is 29.1. The van der Waals surface area contributed by atoms with E-state index in [-0.39, 0.29) is 10.6 Å². The lowest BCUT2D eigenvalue weighted by Gasteiger charge is -2.32. The number of rotatable bonds is 6. The van der Waals surface area contributed by atoms with Crippen LogP contribution in [0.2, 0.25) is 0 Å². The van der Waals surface area contributed by atoms with Crippen molar-refractivity contribution < 1.29 is 36.5 Å². The molecule has 0 heterocycles. The summed E-state index contributed by atoms with van der Waals surface area (Å²) in [6.45, 7) is 0. The second kappa shape index (κ2) is 12.1. The molecule has 10 rings (SSSR count). The molecule has 0 unspecified atom stereocenters. The molecule has 0 radical (unpaired) electrons. The molecule has 53 heavy (non-hydrogen) atoms. The maximum absolute atomic E-state index is 16.8. The van der Waals surface area contributed by atoms with Crippen molar-refractivity contribution >= 4 is 46.1 Å². The molecular weight excluding hydrogens is 682 g/mol. The molecule has 2 aliphatic rings. The van der Waals surface area contributed by atoms with E-state index in [1.165, 1.54) is 36.4 Å². The summed E-state index contributed by atoms with van der Waals surface area (Å²) in [7, 11) is -10.4. The molecule has 2 nitrogen and oxygen atoms in total. The standard InChI is InChI=1S/C49H34O2P2/c50-52(35-17-5-1-6-18-35,36-19-7-2-8-20-36)39-29-31-43-44-32-30-40(53(51,37-21-9-3-10-22-37)38-23-11-4-12-24-38)34-48(44)49(47(43)33-39)45-27-15-13-25-41(45)42-26-14-16-28-46(42)49/h1-34H/i1D,2D,3D,4D,5D,6D,7D,8D,9D,10D,11D,12D,17D,18D,19D,20D,21D,22D,23D,24D. The molecule has 0 N–H and O–H groups in total. The second-order valence-electron chi connectivity index (χ2n) is 12.4. The van der Waals surface area contributed by atoms with Gasteiger partial charge in [-0.3, -0.25) is 0 Å². The molecule has 0 atom stereocenters. The Hall–Kier alpha value is -5.78. The van der Waals surface area contributed by atoms with E-state index in [0.717, 1.165) is 0 Å². The van der Waals surface area contributed by atoms with Crippen molar-refractivity contribution in [2.45, 2.75) is 5.41 Å². The first-order valence-electron chi connectivity index (χ1n) is 26.3. The average Bonchev–Trinajstić information content (AvgIpc) is 3.85. The number of fused-ring (bicyclic) bond motifs is 10. The maximum Gasteiger partial charge on any atom is 0.171 e. The first-order valence-corrected chi connectivity index (χ1v) is 19.8. The Labute approximate surface area is 338 Å². The van der Waals surface area contributed by atoms with Crippen LogP contribution in [0.5, 0.6) is 0 Å². The lowest BCUT2D eigenvalue weighted by atomic mass is 9.70. The molecule has 0 bridgehead atoms. The van der Waals surface area contributed by atoms with Crippen LogP contribution in [0.25, 0.3) is 22.3 Å². The SMILES string of the molecule is [2H]c1c([2H])c([2H])c(P(=O)(c2ccc3c(c2)C2(c4ccccc4-c4ccccc42)c2cc(P(=O)(c4c([2H])c([2H])c([2H])c([2H])c4[2H])c4c([2H])c([2H])c([2H])c([2H])c4[2H])ccc2-3)c2c([2H])c([2H])c([2H])c([2H])c2[2H])c([2H])c1[2H]. The Morgan fingerprint density at radius 2 is 0.642 bits per heavy atom. The Morgan fingerprint density at radius 1 is 0.340 bits per heavy atom. The largest absolute Gasteiger partial charge is 0.309 e. The fourth-order valence-corrected chi connectivity index (χ4v) is 12.2. The molecule has 252 valence electrons. The fourth-order valence-electron chi connectivity index (χ4n) is 7.85. The molecule has 4 heteroatoms. The van der Waals surface area contributed by atoms with Crippen LogP contribution in [-0.4, -0.2) is 0 Å². The van der Waals surface area contributed by atoms with Gasteiger partial charge in [-0.25, -0.2) is 0 Å². The van der Waals surface area contributed by atoms with Gasteiger partial charge in [-0.1, -0.05) is 194 Å². The summed E-state index contributed by atoms with van der Waals surface area (Å²) in [5.41, 5.74) is 2.29. The molecule has 0 fully saturated rings. The molecule has 0 amide bonds. The quantitative estimate of drug-likeness (QED) is 0.160. The minimum Gasteiger partial charge on any atom is -0.309 e. The predicted octanol–water partition coefficient (Wildman–Crippen LogP) is 9.31. The summed E-state index contributed by atoms with van der Waals surface area (Å²) < 4.78 is 209. The van der Waals surface area contributed by atoms with Crippen molar-refractivity contribution in [2.24, 2.45) is 0 Å². The maximum atomic E-state index is 16.8. The van der Waals surface area contributed by atoms with Gasteiger partial charge in [0, 0.05) is 31.8 Å². The fraction of sp³-hybridized carbons (Fsp3) is 0.0204. The lowest BCUT2D eigenvalue weighted by Crippen LogP contribution is -2.31. The van der Waals surface area contributed by atoms with Gasteiger partial charge in [-0.05, 0) is 56.6 Å². The van der Waals surface area contributed by atoms with Gasteiger partial charge in [0.25, 0.3) is 0 Å². The molecule has 0 aliphatic heterocycles. The molecule has 0 saturated heterocycles. The Morgan fingerprint density at radius 3 is 0.981 bits per heavy atom. The van der Waals surface area contributed by atoms with Crippen molar-refractivity contribution in [3.8, 4) is 22.3 Å². The van der Waals surface area contributed by atoms with Gasteiger partial charge >= 0.3 is 0 Å². The van der Waals surface area contributed by atoms with E-state index < -0.39 is 162 Å². The Kier molecular flexibility index (Phi) is 3.98. The third-order valence-electron chi connectivity index (χ3n) is 9.99. The molecular formula is C49H34O2P2. The number of hydrogen-bond acceptors (Lipinski definition) is 2. The van der Waals surface area contributed by atoms with Crippen LogP contribution in [0.15, 0.2) is 206 Å². The van der Waals surface area contributed by atoms with Crippen molar-refractivity contribution in [3.63, 3.8) is 0 Å². The Balaban J connectivity index is 1.38. The monoisotopic (exact) mass is 736 g/mol. The third kappa shape index (κ3) is 4.47. The van der Waals surface area contributed by atoms with Crippen LogP contribution < -0.4 is 31.8 Å². The highest BCUT2D eigenvalue weighted by molar-refractivity contribution is 7.85. The minimum absolute atomic E-state index is 0.301.